The van der Waals surface area contributed by atoms with Crippen LogP contribution in [0.5, 0.6) is 0 Å². The molecule has 0 bridgehead atoms. The van der Waals surface area contributed by atoms with E-state index in [0.29, 0.717) is 0 Å². The summed E-state index contributed by atoms with van der Waals surface area (Å²) in [7, 11) is 0. The molecule has 20 heavy (non-hydrogen) atoms. The van der Waals surface area contributed by atoms with E-state index in [0.717, 1.165) is 0 Å². The monoisotopic (exact) mass is 300 g/mol. The highest BCUT2D eigenvalue weighted by Gasteiger charge is 2.29. The van der Waals surface area contributed by atoms with Gasteiger partial charge < -0.3 is 50.4 Å². The van der Waals surface area contributed by atoms with Crippen molar-refractivity contribution in [2.24, 2.45) is 0 Å². The molecular formula is C10H20O10. The van der Waals surface area contributed by atoms with Crippen molar-refractivity contribution in [3.63, 3.8) is 0 Å². The van der Waals surface area contributed by atoms with Crippen LogP contribution in [0, 0.1) is 0 Å². The van der Waals surface area contributed by atoms with Gasteiger partial charge in [-0.1, -0.05) is 0 Å². The van der Waals surface area contributed by atoms with E-state index >= 15 is 0 Å². The molecule has 0 heterocycles. The van der Waals surface area contributed by atoms with Gasteiger partial charge in [-0.05, 0) is 0 Å². The molecule has 0 aliphatic heterocycles. The van der Waals surface area contributed by atoms with Crippen molar-refractivity contribution in [1.82, 2.24) is 0 Å². The van der Waals surface area contributed by atoms with Crippen molar-refractivity contribution in [1.29, 1.82) is 0 Å². The van der Waals surface area contributed by atoms with Gasteiger partial charge in [0.2, 0.25) is 0 Å². The fourth-order valence-corrected chi connectivity index (χ4v) is 0.817. The van der Waals surface area contributed by atoms with Gasteiger partial charge in [-0.2, -0.15) is 0 Å². The first-order chi connectivity index (χ1) is 9.26. The summed E-state index contributed by atoms with van der Waals surface area (Å²) < 4.78 is 0. The molecule has 0 amide bonds. The average molecular weight is 300 g/mol. The molecule has 0 saturated carbocycles. The average Bonchev–Trinajstić information content (AvgIpc) is 2.50. The van der Waals surface area contributed by atoms with Crippen LogP contribution in [0.1, 0.15) is 0 Å². The summed E-state index contributed by atoms with van der Waals surface area (Å²) in [4.78, 5) is 19.5. The topological polar surface area (TPSA) is 196 Å². The van der Waals surface area contributed by atoms with E-state index in [1.165, 1.54) is 0 Å². The smallest absolute Gasteiger partial charge is 0.151 e. The van der Waals surface area contributed by atoms with Gasteiger partial charge in [0.25, 0.3) is 0 Å². The zero-order valence-electron chi connectivity index (χ0n) is 10.4. The molecule has 8 N–H and O–H groups in total. The first-order valence-corrected chi connectivity index (χ1v) is 5.47. The molecule has 10 nitrogen and oxygen atoms in total. The zero-order valence-corrected chi connectivity index (χ0v) is 10.4. The quantitative estimate of drug-likeness (QED) is 0.200. The predicted molar refractivity (Wildman–Crippen MR) is 62.3 cm³/mol. The van der Waals surface area contributed by atoms with Gasteiger partial charge in [0.15, 0.2) is 12.6 Å². The minimum atomic E-state index is -1.79. The van der Waals surface area contributed by atoms with Crippen LogP contribution >= 0.6 is 0 Å². The fourth-order valence-electron chi connectivity index (χ4n) is 0.817. The second kappa shape index (κ2) is 11.8. The Kier molecular flexibility index (Phi) is 12.6. The standard InChI is InChI=1S/C6H12O6.C4H8O4/c7-1-3(9)5(11)6(12)4(10)2-8;5-1-3(7)4(8)2-6/h1,3-6,8-12H,2H2;1,3-4,6-8H,2H2/t3-,4-,5-,6-;3-,4+/m10/s1. The van der Waals surface area contributed by atoms with Crippen LogP contribution in [0.4, 0.5) is 0 Å². The SMILES string of the molecule is O=C[C@@H](O)[C@@H](O)[C@H](O)[C@H](O)CO.O=C[C@H](O)[C@H](O)CO. The molecule has 6 atom stereocenters. The molecule has 0 unspecified atom stereocenters. The molecule has 0 saturated heterocycles. The van der Waals surface area contributed by atoms with Crippen LogP contribution in [-0.4, -0.2) is 103 Å². The molecule has 0 rings (SSSR count). The second-order valence-electron chi connectivity index (χ2n) is 3.73. The zero-order chi connectivity index (χ0) is 16.3. The number of carbonyl (C=O) groups excluding carboxylic acids is 2. The highest BCUT2D eigenvalue weighted by Crippen LogP contribution is 2.02. The summed E-state index contributed by atoms with van der Waals surface area (Å²) in [6.45, 7) is -1.36. The highest BCUT2D eigenvalue weighted by molar-refractivity contribution is 5.56. The lowest BCUT2D eigenvalue weighted by Crippen LogP contribution is -2.46. The lowest BCUT2D eigenvalue weighted by Gasteiger charge is -2.22. The van der Waals surface area contributed by atoms with Crippen LogP contribution in [0.25, 0.3) is 0 Å². The number of carbonyl (C=O) groups is 2. The summed E-state index contributed by atoms with van der Waals surface area (Å²) in [6.07, 6.45) is -9.47. The first-order valence-electron chi connectivity index (χ1n) is 5.47. The van der Waals surface area contributed by atoms with E-state index in [1.807, 2.05) is 0 Å². The molecule has 0 aromatic rings. The van der Waals surface area contributed by atoms with Gasteiger partial charge >= 0.3 is 0 Å². The molecule has 10 heteroatoms. The molecule has 0 spiro atoms. The van der Waals surface area contributed by atoms with Crippen molar-refractivity contribution < 1.29 is 50.4 Å². The second-order valence-corrected chi connectivity index (χ2v) is 3.73. The number of hydrogen-bond donors (Lipinski definition) is 8. The van der Waals surface area contributed by atoms with Crippen LogP contribution in [-0.2, 0) is 9.59 Å². The van der Waals surface area contributed by atoms with Crippen LogP contribution in [0.3, 0.4) is 0 Å². The summed E-state index contributed by atoms with van der Waals surface area (Å²) in [6, 6.07) is 0. The third-order valence-corrected chi connectivity index (χ3v) is 2.14. The van der Waals surface area contributed by atoms with Crippen LogP contribution < -0.4 is 0 Å². The van der Waals surface area contributed by atoms with Crippen molar-refractivity contribution >= 4 is 12.6 Å². The van der Waals surface area contributed by atoms with Crippen molar-refractivity contribution in [2.45, 2.75) is 36.6 Å². The third kappa shape index (κ3) is 8.24. The lowest BCUT2D eigenvalue weighted by atomic mass is 10.0. The molecule has 0 radical (unpaired) electrons. The van der Waals surface area contributed by atoms with E-state index in [9.17, 15) is 9.59 Å². The minimum absolute atomic E-state index is 0.0258. The summed E-state index contributed by atoms with van der Waals surface area (Å²) >= 11 is 0. The van der Waals surface area contributed by atoms with Crippen LogP contribution in [0.15, 0.2) is 0 Å². The fraction of sp³-hybridized carbons (Fsp3) is 0.800. The van der Waals surface area contributed by atoms with Gasteiger partial charge in [0.05, 0.1) is 13.2 Å². The maximum Gasteiger partial charge on any atom is 0.151 e. The Balaban J connectivity index is 0. The number of aliphatic hydroxyl groups is 8. The van der Waals surface area contributed by atoms with E-state index < -0.39 is 49.8 Å². The first kappa shape index (κ1) is 21.3. The number of rotatable bonds is 8. The predicted octanol–water partition coefficient (Wildman–Crippen LogP) is -5.48. The van der Waals surface area contributed by atoms with Gasteiger partial charge in [0.1, 0.15) is 36.6 Å². The molecule has 0 aliphatic rings. The third-order valence-electron chi connectivity index (χ3n) is 2.14. The van der Waals surface area contributed by atoms with E-state index in [-0.39, 0.29) is 12.6 Å². The summed E-state index contributed by atoms with van der Waals surface area (Å²) in [5.41, 5.74) is 0. The number of aldehydes is 2. The number of hydrogen-bond acceptors (Lipinski definition) is 10. The van der Waals surface area contributed by atoms with E-state index in [4.69, 9.17) is 40.9 Å². The Bertz CT molecular complexity index is 260. The number of aliphatic hydroxyl groups excluding tert-OH is 8. The van der Waals surface area contributed by atoms with Crippen molar-refractivity contribution in [3.05, 3.63) is 0 Å². The molecule has 0 aromatic carbocycles. The van der Waals surface area contributed by atoms with Crippen molar-refractivity contribution in [3.8, 4) is 0 Å². The van der Waals surface area contributed by atoms with E-state index in [1.54, 1.807) is 0 Å². The van der Waals surface area contributed by atoms with Gasteiger partial charge in [0, 0.05) is 0 Å². The lowest BCUT2D eigenvalue weighted by molar-refractivity contribution is -0.136. The molecule has 120 valence electrons. The van der Waals surface area contributed by atoms with Crippen molar-refractivity contribution in [2.75, 3.05) is 13.2 Å². The molecule has 0 fully saturated rings. The highest BCUT2D eigenvalue weighted by atomic mass is 16.4. The summed E-state index contributed by atoms with van der Waals surface area (Å²) in [5, 5.41) is 68.3. The molecule has 0 aromatic heterocycles. The normalized spacial score (nSPS) is 19.6. The minimum Gasteiger partial charge on any atom is -0.394 e. The maximum absolute atomic E-state index is 9.90. The molecule has 0 aliphatic carbocycles. The Labute approximate surface area is 114 Å². The Morgan fingerprint density at radius 2 is 1.05 bits per heavy atom. The Hall–Kier alpha value is -0.980. The Morgan fingerprint density at radius 1 is 0.650 bits per heavy atom. The van der Waals surface area contributed by atoms with Gasteiger partial charge in [-0.3, -0.25) is 0 Å². The summed E-state index contributed by atoms with van der Waals surface area (Å²) in [5.74, 6) is 0. The maximum atomic E-state index is 9.90. The van der Waals surface area contributed by atoms with Crippen LogP contribution in [0.2, 0.25) is 0 Å². The Morgan fingerprint density at radius 3 is 1.30 bits per heavy atom. The van der Waals surface area contributed by atoms with Gasteiger partial charge in [-0.25, -0.2) is 0 Å². The molecular weight excluding hydrogens is 280 g/mol. The van der Waals surface area contributed by atoms with E-state index in [2.05, 4.69) is 0 Å². The largest absolute Gasteiger partial charge is 0.394 e. The van der Waals surface area contributed by atoms with Gasteiger partial charge in [-0.15, -0.1) is 0 Å².